The lowest BCUT2D eigenvalue weighted by molar-refractivity contribution is -0.480. The number of rotatable bonds is 1. The van der Waals surface area contributed by atoms with Gasteiger partial charge in [-0.2, -0.15) is 0 Å². The Morgan fingerprint density at radius 1 is 1.39 bits per heavy atom. The van der Waals surface area contributed by atoms with Crippen LogP contribution in [0.25, 0.3) is 11.2 Å². The van der Waals surface area contributed by atoms with Crippen LogP contribution in [0.1, 0.15) is 0 Å². The van der Waals surface area contributed by atoms with Gasteiger partial charge in [0.15, 0.2) is 0 Å². The van der Waals surface area contributed by atoms with Crippen molar-refractivity contribution in [1.82, 2.24) is 25.0 Å². The van der Waals surface area contributed by atoms with Gasteiger partial charge in [0.2, 0.25) is 5.65 Å². The van der Waals surface area contributed by atoms with Crippen LogP contribution >= 0.6 is 0 Å². The van der Waals surface area contributed by atoms with E-state index < -0.39 is 0 Å². The molecule has 18 heavy (non-hydrogen) atoms. The second-order valence-corrected chi connectivity index (χ2v) is 3.97. The molecule has 0 radical (unpaired) electrons. The van der Waals surface area contributed by atoms with Crippen molar-refractivity contribution in [2.24, 2.45) is 0 Å². The minimum Gasteiger partial charge on any atom is -1.00 e. The van der Waals surface area contributed by atoms with Crippen molar-refractivity contribution in [3.05, 3.63) is 18.3 Å². The summed E-state index contributed by atoms with van der Waals surface area (Å²) in [4.78, 5) is 13.0. The first-order chi connectivity index (χ1) is 8.09. The lowest BCUT2D eigenvalue weighted by atomic mass is 10.4. The molecule has 2 heterocycles. The molecular formula is C10H15IN6O. The number of pyridine rings is 1. The second kappa shape index (κ2) is 5.94. The van der Waals surface area contributed by atoms with Crippen molar-refractivity contribution in [3.63, 3.8) is 0 Å². The molecule has 0 amide bonds. The van der Waals surface area contributed by atoms with Crippen LogP contribution in [0.4, 0.5) is 0 Å². The first kappa shape index (κ1) is 14.6. The molecule has 0 aliphatic carbocycles. The van der Waals surface area contributed by atoms with Crippen LogP contribution in [0.2, 0.25) is 0 Å². The zero-order valence-corrected chi connectivity index (χ0v) is 12.9. The fourth-order valence-electron chi connectivity index (χ4n) is 1.45. The Hall–Kier alpha value is -1.45. The number of fused-ring (bicyclic) bond motifs is 1. The van der Waals surface area contributed by atoms with Crippen molar-refractivity contribution in [3.8, 4) is 0 Å². The highest BCUT2D eigenvalue weighted by atomic mass is 127. The fourth-order valence-corrected chi connectivity index (χ4v) is 1.45. The summed E-state index contributed by atoms with van der Waals surface area (Å²) >= 11 is 0. The molecule has 0 aromatic carbocycles. The maximum absolute atomic E-state index is 5.64. The Kier molecular flexibility index (Phi) is 4.82. The summed E-state index contributed by atoms with van der Waals surface area (Å²) in [6.07, 6.45) is 1.68. The fraction of sp³-hybridized carbons (Fsp3) is 0.400. The van der Waals surface area contributed by atoms with Crippen LogP contribution in [0.15, 0.2) is 18.3 Å². The monoisotopic (exact) mass is 362 g/mol. The lowest BCUT2D eigenvalue weighted by Gasteiger charge is -2.09. The molecule has 0 saturated heterocycles. The van der Waals surface area contributed by atoms with Crippen LogP contribution in [0.5, 0.6) is 0 Å². The summed E-state index contributed by atoms with van der Waals surface area (Å²) in [5, 5.41) is 7.87. The van der Waals surface area contributed by atoms with Gasteiger partial charge in [-0.1, -0.05) is 0 Å². The zero-order valence-electron chi connectivity index (χ0n) is 10.7. The van der Waals surface area contributed by atoms with Gasteiger partial charge in [-0.3, -0.25) is 4.84 Å². The third kappa shape index (κ3) is 2.86. The number of aromatic nitrogens is 4. The SMILES string of the molecule is CN(C)C(On1nnc2cccnc21)=[N+](C)C.[I-]. The highest BCUT2D eigenvalue weighted by Crippen LogP contribution is 2.04. The normalized spacial score (nSPS) is 9.78. The molecule has 0 saturated carbocycles. The second-order valence-electron chi connectivity index (χ2n) is 3.97. The van der Waals surface area contributed by atoms with Gasteiger partial charge in [-0.25, -0.2) is 14.5 Å². The van der Waals surface area contributed by atoms with Crippen LogP contribution in [0, 0.1) is 0 Å². The first-order valence-corrected chi connectivity index (χ1v) is 5.16. The number of halogens is 1. The van der Waals surface area contributed by atoms with E-state index >= 15 is 0 Å². The van der Waals surface area contributed by atoms with E-state index in [1.807, 2.05) is 49.8 Å². The van der Waals surface area contributed by atoms with Gasteiger partial charge >= 0.3 is 6.02 Å². The molecule has 7 nitrogen and oxygen atoms in total. The maximum Gasteiger partial charge on any atom is 0.472 e. The van der Waals surface area contributed by atoms with Crippen molar-refractivity contribution in [2.75, 3.05) is 28.2 Å². The van der Waals surface area contributed by atoms with E-state index in [2.05, 4.69) is 15.3 Å². The summed E-state index contributed by atoms with van der Waals surface area (Å²) in [5.41, 5.74) is 1.29. The van der Waals surface area contributed by atoms with Crippen LogP contribution < -0.4 is 28.8 Å². The molecule has 2 aromatic heterocycles. The van der Waals surface area contributed by atoms with E-state index in [4.69, 9.17) is 4.84 Å². The topological polar surface area (TPSA) is 59.1 Å². The van der Waals surface area contributed by atoms with E-state index in [9.17, 15) is 0 Å². The highest BCUT2D eigenvalue weighted by Gasteiger charge is 2.17. The Balaban J connectivity index is 0.00000162. The minimum atomic E-state index is 0. The van der Waals surface area contributed by atoms with Crippen molar-refractivity contribution >= 4 is 17.2 Å². The summed E-state index contributed by atoms with van der Waals surface area (Å²) in [7, 11) is 7.56. The standard InChI is InChI=1S/C10H15N6O.HI/c1-14(2)10(15(3)4)17-16-9-8(12-13-16)6-5-7-11-9;/h5-7H,1-4H3;1H/q+1;/p-1. The minimum absolute atomic E-state index is 0. The van der Waals surface area contributed by atoms with E-state index in [1.165, 1.54) is 4.85 Å². The average Bonchev–Trinajstić information content (AvgIpc) is 2.68. The van der Waals surface area contributed by atoms with Crippen molar-refractivity contribution < 1.29 is 33.4 Å². The van der Waals surface area contributed by atoms with E-state index in [1.54, 1.807) is 6.20 Å². The Labute approximate surface area is 122 Å². The predicted molar refractivity (Wildman–Crippen MR) is 62.7 cm³/mol. The first-order valence-electron chi connectivity index (χ1n) is 5.16. The average molecular weight is 362 g/mol. The largest absolute Gasteiger partial charge is 1.00 e. The summed E-state index contributed by atoms with van der Waals surface area (Å²) in [6, 6.07) is 4.28. The molecule has 0 N–H and O–H groups in total. The summed E-state index contributed by atoms with van der Waals surface area (Å²) in [6.45, 7) is 0. The van der Waals surface area contributed by atoms with E-state index in [-0.39, 0.29) is 24.0 Å². The quantitative estimate of drug-likeness (QED) is 0.228. The smallest absolute Gasteiger partial charge is 0.472 e. The molecule has 0 aliphatic rings. The van der Waals surface area contributed by atoms with Gasteiger partial charge in [0.25, 0.3) is 0 Å². The molecule has 8 heteroatoms. The van der Waals surface area contributed by atoms with Crippen molar-refractivity contribution in [1.29, 1.82) is 0 Å². The van der Waals surface area contributed by atoms with Gasteiger partial charge in [-0.05, 0) is 22.2 Å². The zero-order chi connectivity index (χ0) is 12.4. The number of hydrogen-bond acceptors (Lipinski definition) is 4. The van der Waals surface area contributed by atoms with Gasteiger partial charge in [0.1, 0.15) is 5.52 Å². The van der Waals surface area contributed by atoms with Crippen LogP contribution in [-0.2, 0) is 0 Å². The number of hydrogen-bond donors (Lipinski definition) is 0. The van der Waals surface area contributed by atoms with Crippen molar-refractivity contribution in [2.45, 2.75) is 0 Å². The molecule has 2 rings (SSSR count). The summed E-state index contributed by atoms with van der Waals surface area (Å²) in [5.74, 6) is 0. The predicted octanol–water partition coefficient (Wildman–Crippen LogP) is -3.55. The molecule has 0 aliphatic heterocycles. The van der Waals surface area contributed by atoms with Gasteiger partial charge < -0.3 is 24.0 Å². The van der Waals surface area contributed by atoms with Gasteiger partial charge in [0, 0.05) is 6.20 Å². The molecular weight excluding hydrogens is 347 g/mol. The number of nitrogens with zero attached hydrogens (tertiary/aromatic N) is 6. The molecule has 2 aromatic rings. The van der Waals surface area contributed by atoms with Gasteiger partial charge in [-0.15, -0.1) is 5.10 Å². The molecule has 98 valence electrons. The Morgan fingerprint density at radius 2 is 2.11 bits per heavy atom. The molecule has 0 atom stereocenters. The lowest BCUT2D eigenvalue weighted by Crippen LogP contribution is -3.00. The van der Waals surface area contributed by atoms with Gasteiger partial charge in [0.05, 0.1) is 28.2 Å². The Morgan fingerprint density at radius 3 is 2.72 bits per heavy atom. The van der Waals surface area contributed by atoms with E-state index in [0.29, 0.717) is 17.2 Å². The highest BCUT2D eigenvalue weighted by molar-refractivity contribution is 5.71. The van der Waals surface area contributed by atoms with Crippen LogP contribution in [-0.4, -0.2) is 63.8 Å². The third-order valence-corrected chi connectivity index (χ3v) is 2.11. The molecule has 0 spiro atoms. The molecule has 0 fully saturated rings. The third-order valence-electron chi connectivity index (χ3n) is 2.11. The molecule has 0 unspecified atom stereocenters. The molecule has 0 bridgehead atoms. The maximum atomic E-state index is 5.64. The number of amidine groups is 1. The Bertz CT molecular complexity index is 560. The summed E-state index contributed by atoms with van der Waals surface area (Å²) < 4.78 is 1.84. The van der Waals surface area contributed by atoms with E-state index in [0.717, 1.165) is 0 Å². The van der Waals surface area contributed by atoms with Crippen LogP contribution in [0.3, 0.4) is 0 Å².